The molecule has 15 nitrogen and oxygen atoms in total. The van der Waals surface area contributed by atoms with Crippen LogP contribution < -0.4 is 38.5 Å². The number of rotatable bonds is 10. The maximum absolute atomic E-state index is 12.7. The first-order valence-electron chi connectivity index (χ1n) is 12.3. The largest absolute Gasteiger partial charge is 0.478 e. The highest BCUT2D eigenvalue weighted by Gasteiger charge is 2.16. The van der Waals surface area contributed by atoms with Crippen LogP contribution in [0.1, 0.15) is 60.5 Å². The molecule has 0 saturated carbocycles. The first-order chi connectivity index (χ1) is 20.4. The number of amides is 1. The average Bonchev–Trinajstić information content (AvgIpc) is 2.99. The summed E-state index contributed by atoms with van der Waals surface area (Å²) in [4.78, 5) is 39.8. The van der Waals surface area contributed by atoms with Gasteiger partial charge in [-0.15, -0.1) is 0 Å². The van der Waals surface area contributed by atoms with Crippen LogP contribution in [0, 0.1) is 22.7 Å². The highest BCUT2D eigenvalue weighted by atomic mass is 16.4. The van der Waals surface area contributed by atoms with E-state index >= 15 is 0 Å². The van der Waals surface area contributed by atoms with Crippen molar-refractivity contribution in [2.75, 3.05) is 16.6 Å². The van der Waals surface area contributed by atoms with Crippen molar-refractivity contribution in [2.45, 2.75) is 6.92 Å². The zero-order valence-electron chi connectivity index (χ0n) is 22.6. The van der Waals surface area contributed by atoms with Gasteiger partial charge in [0, 0.05) is 24.5 Å². The number of aromatic carboxylic acids is 2. The van der Waals surface area contributed by atoms with Gasteiger partial charge < -0.3 is 27.0 Å². The topological polar surface area (TPSA) is 275 Å². The third-order valence-electron chi connectivity index (χ3n) is 5.88. The molecule has 0 radical (unpaired) electrons. The van der Waals surface area contributed by atoms with Crippen LogP contribution in [0.5, 0.6) is 0 Å². The summed E-state index contributed by atoms with van der Waals surface area (Å²) in [6, 6.07) is 14.2. The lowest BCUT2D eigenvalue weighted by Crippen LogP contribution is -2.27. The molecular formula is C28H26N10O5. The maximum atomic E-state index is 12.7. The van der Waals surface area contributed by atoms with Crippen molar-refractivity contribution < 1.29 is 24.6 Å². The maximum Gasteiger partial charge on any atom is 0.337 e. The van der Waals surface area contributed by atoms with Crippen molar-refractivity contribution in [1.82, 2.24) is 10.3 Å². The number of hydrogen-bond donors (Lipinski definition) is 7. The van der Waals surface area contributed by atoms with Gasteiger partial charge in [-0.1, -0.05) is 0 Å². The highest BCUT2D eigenvalue weighted by Crippen LogP contribution is 2.22. The molecule has 43 heavy (non-hydrogen) atoms. The number of carboxylic acid groups (broad SMARTS) is 2. The summed E-state index contributed by atoms with van der Waals surface area (Å²) in [7, 11) is 0. The molecule has 0 aliphatic heterocycles. The quantitative estimate of drug-likeness (QED) is 0.131. The lowest BCUT2D eigenvalue weighted by molar-refractivity contribution is 0.0685. The number of carboxylic acids is 2. The normalized spacial score (nSPS) is 11.2. The van der Waals surface area contributed by atoms with Crippen LogP contribution in [0.3, 0.4) is 0 Å². The Labute approximate surface area is 245 Å². The van der Waals surface area contributed by atoms with E-state index < -0.39 is 17.8 Å². The summed E-state index contributed by atoms with van der Waals surface area (Å²) in [6.07, 6.45) is 2.51. The van der Waals surface area contributed by atoms with E-state index in [9.17, 15) is 35.1 Å². The van der Waals surface area contributed by atoms with E-state index in [2.05, 4.69) is 10.3 Å². The predicted molar refractivity (Wildman–Crippen MR) is 156 cm³/mol. The predicted octanol–water partition coefficient (Wildman–Crippen LogP) is 1.25. The second kappa shape index (κ2) is 13.3. The Morgan fingerprint density at radius 2 is 1.26 bits per heavy atom. The van der Waals surface area contributed by atoms with Gasteiger partial charge in [0.05, 0.1) is 56.4 Å². The molecule has 15 heteroatoms. The Hall–Kier alpha value is -6.42. The van der Waals surface area contributed by atoms with Crippen molar-refractivity contribution >= 4 is 40.6 Å². The number of carbonyl (C=O) groups is 3. The number of nitrogens with two attached hydrogens (primary N) is 4. The molecule has 0 atom stereocenters. The summed E-state index contributed by atoms with van der Waals surface area (Å²) in [5.74, 6) is 9.21. The zero-order valence-corrected chi connectivity index (χ0v) is 22.6. The fraction of sp³-hybridized carbons (Fsp3) is 0.0714. The number of benzene rings is 2. The molecule has 1 amide bonds. The zero-order chi connectivity index (χ0) is 31.8. The fourth-order valence-corrected chi connectivity index (χ4v) is 3.74. The number of aromatic nitrogens is 1. The second-order valence-electron chi connectivity index (χ2n) is 8.76. The molecule has 3 rings (SSSR count). The highest BCUT2D eigenvalue weighted by molar-refractivity contribution is 5.96. The van der Waals surface area contributed by atoms with E-state index in [4.69, 9.17) is 23.2 Å². The second-order valence-corrected chi connectivity index (χ2v) is 8.76. The van der Waals surface area contributed by atoms with Gasteiger partial charge >= 0.3 is 11.9 Å². The van der Waals surface area contributed by atoms with E-state index in [1.54, 1.807) is 19.1 Å². The van der Waals surface area contributed by atoms with Crippen LogP contribution in [0.15, 0.2) is 60.9 Å². The Balaban J connectivity index is 2.03. The summed E-state index contributed by atoms with van der Waals surface area (Å²) < 4.78 is 0. The van der Waals surface area contributed by atoms with E-state index in [1.165, 1.54) is 60.9 Å². The molecule has 1 heterocycles. The molecule has 2 aromatic carbocycles. The first kappa shape index (κ1) is 31.1. The van der Waals surface area contributed by atoms with E-state index in [1.807, 2.05) is 0 Å². The van der Waals surface area contributed by atoms with Crippen molar-refractivity contribution in [3.05, 3.63) is 100 Å². The molecule has 218 valence electrons. The molecule has 0 bridgehead atoms. The van der Waals surface area contributed by atoms with Crippen LogP contribution in [0.4, 0.5) is 11.4 Å². The van der Waals surface area contributed by atoms with E-state index in [0.717, 1.165) is 10.0 Å². The minimum absolute atomic E-state index is 0.0176. The Kier molecular flexibility index (Phi) is 9.62. The van der Waals surface area contributed by atoms with E-state index in [0.29, 0.717) is 6.54 Å². The van der Waals surface area contributed by atoms with Crippen molar-refractivity contribution in [1.29, 1.82) is 10.5 Å². The van der Waals surface area contributed by atoms with Gasteiger partial charge in [0.15, 0.2) is 0 Å². The van der Waals surface area contributed by atoms with Gasteiger partial charge in [-0.25, -0.2) is 26.3 Å². The number of nitrogens with one attached hydrogen (secondary N) is 1. The molecule has 0 saturated heterocycles. The molecule has 0 aliphatic carbocycles. The molecule has 0 spiro atoms. The number of hydrazine groups is 2. The van der Waals surface area contributed by atoms with Crippen LogP contribution >= 0.6 is 0 Å². The molecule has 0 aliphatic rings. The van der Waals surface area contributed by atoms with Crippen molar-refractivity contribution in [3.8, 4) is 12.1 Å². The van der Waals surface area contributed by atoms with Crippen molar-refractivity contribution in [3.63, 3.8) is 0 Å². The van der Waals surface area contributed by atoms with Gasteiger partial charge in [0.25, 0.3) is 5.91 Å². The Morgan fingerprint density at radius 1 is 0.837 bits per heavy atom. The summed E-state index contributed by atoms with van der Waals surface area (Å²) in [5.41, 5.74) is 12.7. The van der Waals surface area contributed by atoms with E-state index in [-0.39, 0.29) is 62.0 Å². The van der Waals surface area contributed by atoms with Crippen LogP contribution in [0.2, 0.25) is 0 Å². The minimum Gasteiger partial charge on any atom is -0.478 e. The van der Waals surface area contributed by atoms with Crippen LogP contribution in [0.25, 0.3) is 11.4 Å². The standard InChI is InChI=1S/C28H26N10O5/c1-2-35-26(39)15-9-24(22(31)13-37(33)18-3-5-20(27(40)41)16(7-18)11-29)36-25(10-15)23(32)14-38(34)19-4-6-21(28(42)43)17(8-19)12-30/h3-10,13-14H,2,31-34H2,1H3,(H,35,39)(H,40,41)(H,42,43)/b22-13-,23-14-. The van der Waals surface area contributed by atoms with Gasteiger partial charge in [0.2, 0.25) is 0 Å². The lowest BCUT2D eigenvalue weighted by Gasteiger charge is -2.18. The number of hydrogen-bond acceptors (Lipinski definition) is 12. The number of carbonyl (C=O) groups excluding carboxylic acids is 1. The third-order valence-corrected chi connectivity index (χ3v) is 5.88. The van der Waals surface area contributed by atoms with Crippen molar-refractivity contribution in [2.24, 2.45) is 23.2 Å². The molecule has 0 unspecified atom stereocenters. The smallest absolute Gasteiger partial charge is 0.337 e. The fourth-order valence-electron chi connectivity index (χ4n) is 3.74. The molecule has 1 aromatic heterocycles. The monoisotopic (exact) mass is 582 g/mol. The number of nitrogens with zero attached hydrogens (tertiary/aromatic N) is 5. The van der Waals surface area contributed by atoms with Crippen LogP contribution in [-0.2, 0) is 0 Å². The van der Waals surface area contributed by atoms with Crippen LogP contribution in [-0.4, -0.2) is 39.6 Å². The number of anilines is 2. The Morgan fingerprint density at radius 3 is 1.60 bits per heavy atom. The SMILES string of the molecule is CCNC(=O)c1cc(/C(N)=C/N(N)c2ccc(C(=O)O)c(C#N)c2)nc(/C(N)=C/N(N)c2ccc(C(=O)O)c(C#N)c2)c1. The number of nitriles is 2. The molecule has 3 aromatic rings. The summed E-state index contributed by atoms with van der Waals surface area (Å²) >= 11 is 0. The van der Waals surface area contributed by atoms with Gasteiger partial charge in [-0.3, -0.25) is 14.8 Å². The first-order valence-corrected chi connectivity index (χ1v) is 12.3. The van der Waals surface area contributed by atoms with Gasteiger partial charge in [-0.2, -0.15) is 10.5 Å². The van der Waals surface area contributed by atoms with Gasteiger partial charge in [-0.05, 0) is 55.5 Å². The minimum atomic E-state index is -1.27. The molecule has 0 fully saturated rings. The summed E-state index contributed by atoms with van der Waals surface area (Å²) in [5, 5.41) is 41.9. The van der Waals surface area contributed by atoms with Gasteiger partial charge in [0.1, 0.15) is 12.1 Å². The average molecular weight is 583 g/mol. The lowest BCUT2D eigenvalue weighted by atomic mass is 10.1. The molecule has 11 N–H and O–H groups in total. The third kappa shape index (κ3) is 7.21. The Bertz CT molecular complexity index is 1640. The molecular weight excluding hydrogens is 556 g/mol. The number of pyridine rings is 1. The summed E-state index contributed by atoms with van der Waals surface area (Å²) in [6.45, 7) is 2.06.